The van der Waals surface area contributed by atoms with E-state index < -0.39 is 11.7 Å². The molecule has 0 spiro atoms. The first-order valence-corrected chi connectivity index (χ1v) is 7.80. The first kappa shape index (κ1) is 16.4. The van der Waals surface area contributed by atoms with E-state index in [1.54, 1.807) is 17.5 Å². The Labute approximate surface area is 139 Å². The summed E-state index contributed by atoms with van der Waals surface area (Å²) in [6.45, 7) is 3.62. The molecular formula is C15H13F3N4OS. The molecule has 0 aliphatic carbocycles. The monoisotopic (exact) mass is 354 g/mol. The van der Waals surface area contributed by atoms with Gasteiger partial charge in [-0.1, -0.05) is 28.6 Å². The fourth-order valence-electron chi connectivity index (χ4n) is 2.21. The zero-order valence-corrected chi connectivity index (χ0v) is 13.6. The number of aromatic nitrogens is 3. The smallest absolute Gasteiger partial charge is 0.391 e. The number of hydrogen-bond acceptors (Lipinski definition) is 5. The summed E-state index contributed by atoms with van der Waals surface area (Å²) < 4.78 is 39.7. The summed E-state index contributed by atoms with van der Waals surface area (Å²) in [5.41, 5.74) is 1.21. The Kier molecular flexibility index (Phi) is 4.27. The van der Waals surface area contributed by atoms with Crippen molar-refractivity contribution in [3.05, 3.63) is 52.3 Å². The highest BCUT2D eigenvalue weighted by Gasteiger charge is 2.30. The van der Waals surface area contributed by atoms with Gasteiger partial charge < -0.3 is 4.84 Å². The third kappa shape index (κ3) is 3.25. The molecule has 0 fully saturated rings. The van der Waals surface area contributed by atoms with E-state index in [4.69, 9.17) is 4.84 Å². The van der Waals surface area contributed by atoms with Gasteiger partial charge in [0, 0.05) is 0 Å². The van der Waals surface area contributed by atoms with Crippen LogP contribution in [0.4, 0.5) is 13.2 Å². The van der Waals surface area contributed by atoms with Crippen molar-refractivity contribution in [2.24, 2.45) is 5.16 Å². The van der Waals surface area contributed by atoms with Gasteiger partial charge in [0.05, 0.1) is 21.8 Å². The summed E-state index contributed by atoms with van der Waals surface area (Å²) in [5, 5.41) is 8.09. The normalized spacial score (nSPS) is 12.8. The number of aryl methyl sites for hydroxylation is 1. The first-order valence-electron chi connectivity index (χ1n) is 6.98. The number of hydrogen-bond donors (Lipinski definition) is 0. The highest BCUT2D eigenvalue weighted by atomic mass is 32.1. The van der Waals surface area contributed by atoms with Gasteiger partial charge in [0.1, 0.15) is 12.9 Å². The topological polar surface area (TPSA) is 51.8 Å². The lowest BCUT2D eigenvalue weighted by atomic mass is 10.1. The second-order valence-electron chi connectivity index (χ2n) is 5.12. The van der Waals surface area contributed by atoms with E-state index in [2.05, 4.69) is 15.2 Å². The van der Waals surface area contributed by atoms with E-state index in [9.17, 15) is 13.2 Å². The van der Waals surface area contributed by atoms with E-state index in [1.807, 2.05) is 6.92 Å². The number of rotatable bonds is 4. The Morgan fingerprint density at radius 1 is 1.38 bits per heavy atom. The number of oxime groups is 1. The van der Waals surface area contributed by atoms with Crippen LogP contribution in [0.1, 0.15) is 28.6 Å². The standard InChI is InChI=1S/C15H13F3N4OS/c1-9(13-10(2)22-14(24-13)19-8-20-22)21-23-7-11-4-3-5-12(6-11)15(16,17)18/h3-6,8H,7H2,1-2H3/b21-9+. The van der Waals surface area contributed by atoms with Crippen molar-refractivity contribution >= 4 is 22.0 Å². The molecule has 5 nitrogen and oxygen atoms in total. The third-order valence-corrected chi connectivity index (χ3v) is 4.63. The van der Waals surface area contributed by atoms with Gasteiger partial charge in [0.2, 0.25) is 4.96 Å². The SMILES string of the molecule is C/C(=N\OCc1cccc(C(F)(F)F)c1)c1sc2ncnn2c1C. The first-order chi connectivity index (χ1) is 11.4. The second-order valence-corrected chi connectivity index (χ2v) is 6.10. The van der Waals surface area contributed by atoms with Gasteiger partial charge in [-0.15, -0.1) is 0 Å². The molecule has 3 aromatic rings. The van der Waals surface area contributed by atoms with Crippen LogP contribution in [0, 0.1) is 6.92 Å². The quantitative estimate of drug-likeness (QED) is 0.524. The molecule has 2 heterocycles. The van der Waals surface area contributed by atoms with Crippen LogP contribution in [0.3, 0.4) is 0 Å². The zero-order chi connectivity index (χ0) is 17.3. The van der Waals surface area contributed by atoms with E-state index >= 15 is 0 Å². The van der Waals surface area contributed by atoms with Crippen LogP contribution in [-0.2, 0) is 17.6 Å². The largest absolute Gasteiger partial charge is 0.416 e. The molecule has 0 N–H and O–H groups in total. The van der Waals surface area contributed by atoms with Gasteiger partial charge in [0.15, 0.2) is 0 Å². The predicted molar refractivity (Wildman–Crippen MR) is 84.0 cm³/mol. The highest BCUT2D eigenvalue weighted by Crippen LogP contribution is 2.29. The molecule has 1 aromatic carbocycles. The highest BCUT2D eigenvalue weighted by molar-refractivity contribution is 7.19. The van der Waals surface area contributed by atoms with Crippen LogP contribution in [0.5, 0.6) is 0 Å². The fourth-order valence-corrected chi connectivity index (χ4v) is 3.18. The van der Waals surface area contributed by atoms with Gasteiger partial charge >= 0.3 is 6.18 Å². The minimum atomic E-state index is -4.37. The lowest BCUT2D eigenvalue weighted by Crippen LogP contribution is -2.05. The molecule has 9 heteroatoms. The Morgan fingerprint density at radius 3 is 2.88 bits per heavy atom. The van der Waals surface area contributed by atoms with Crippen LogP contribution < -0.4 is 0 Å². The van der Waals surface area contributed by atoms with Gasteiger partial charge in [-0.05, 0) is 31.5 Å². The summed E-state index contributed by atoms with van der Waals surface area (Å²) in [5.74, 6) is 0. The Hall–Kier alpha value is -2.42. The second kappa shape index (κ2) is 6.23. The van der Waals surface area contributed by atoms with Crippen molar-refractivity contribution in [2.75, 3.05) is 0 Å². The van der Waals surface area contributed by atoms with Crippen LogP contribution in [0.2, 0.25) is 0 Å². The summed E-state index contributed by atoms with van der Waals surface area (Å²) in [6.07, 6.45) is -2.90. The molecule has 0 aliphatic rings. The lowest BCUT2D eigenvalue weighted by molar-refractivity contribution is -0.137. The number of fused-ring (bicyclic) bond motifs is 1. The number of alkyl halides is 3. The molecule has 0 bridgehead atoms. The number of nitrogens with zero attached hydrogens (tertiary/aromatic N) is 4. The van der Waals surface area contributed by atoms with Gasteiger partial charge in [-0.3, -0.25) is 0 Å². The molecule has 0 unspecified atom stereocenters. The maximum absolute atomic E-state index is 12.7. The minimum absolute atomic E-state index is 0.0406. The molecule has 126 valence electrons. The molecular weight excluding hydrogens is 341 g/mol. The van der Waals surface area contributed by atoms with Crippen LogP contribution in [0.25, 0.3) is 4.96 Å². The number of thiazole rings is 1. The molecule has 2 aromatic heterocycles. The molecule has 0 atom stereocenters. The van der Waals surface area contributed by atoms with Crippen molar-refractivity contribution in [1.29, 1.82) is 0 Å². The minimum Gasteiger partial charge on any atom is -0.391 e. The average molecular weight is 354 g/mol. The molecule has 0 amide bonds. The molecule has 0 radical (unpaired) electrons. The van der Waals surface area contributed by atoms with Crippen molar-refractivity contribution in [1.82, 2.24) is 14.6 Å². The van der Waals surface area contributed by atoms with Gasteiger partial charge in [0.25, 0.3) is 0 Å². The predicted octanol–water partition coefficient (Wildman–Crippen LogP) is 4.06. The average Bonchev–Trinajstić information content (AvgIpc) is 3.10. The zero-order valence-electron chi connectivity index (χ0n) is 12.8. The van der Waals surface area contributed by atoms with E-state index in [0.29, 0.717) is 11.3 Å². The summed E-state index contributed by atoms with van der Waals surface area (Å²) in [6, 6.07) is 4.99. The van der Waals surface area contributed by atoms with Crippen molar-refractivity contribution in [2.45, 2.75) is 26.6 Å². The maximum atomic E-state index is 12.7. The third-order valence-electron chi connectivity index (χ3n) is 3.37. The maximum Gasteiger partial charge on any atom is 0.416 e. The lowest BCUT2D eigenvalue weighted by Gasteiger charge is -2.08. The molecule has 0 saturated carbocycles. The van der Waals surface area contributed by atoms with Gasteiger partial charge in [-0.25, -0.2) is 9.50 Å². The Morgan fingerprint density at radius 2 is 2.17 bits per heavy atom. The Balaban J connectivity index is 1.72. The molecule has 0 saturated heterocycles. The van der Waals surface area contributed by atoms with Crippen LogP contribution in [-0.4, -0.2) is 20.3 Å². The summed E-state index contributed by atoms with van der Waals surface area (Å²) >= 11 is 1.42. The Bertz CT molecular complexity index is 898. The number of halogens is 3. The molecule has 0 aliphatic heterocycles. The number of benzene rings is 1. The van der Waals surface area contributed by atoms with Crippen molar-refractivity contribution < 1.29 is 18.0 Å². The van der Waals surface area contributed by atoms with E-state index in [-0.39, 0.29) is 6.61 Å². The molecule has 3 rings (SSSR count). The van der Waals surface area contributed by atoms with Crippen LogP contribution in [0.15, 0.2) is 35.7 Å². The summed E-state index contributed by atoms with van der Waals surface area (Å²) in [4.78, 5) is 10.9. The van der Waals surface area contributed by atoms with Crippen molar-refractivity contribution in [3.8, 4) is 0 Å². The van der Waals surface area contributed by atoms with E-state index in [1.165, 1.54) is 23.7 Å². The van der Waals surface area contributed by atoms with Crippen LogP contribution >= 0.6 is 11.3 Å². The van der Waals surface area contributed by atoms with E-state index in [0.717, 1.165) is 27.7 Å². The van der Waals surface area contributed by atoms with Gasteiger partial charge in [-0.2, -0.15) is 18.3 Å². The molecule has 24 heavy (non-hydrogen) atoms. The fraction of sp³-hybridized carbons (Fsp3) is 0.267. The van der Waals surface area contributed by atoms with Crippen molar-refractivity contribution in [3.63, 3.8) is 0 Å². The summed E-state index contributed by atoms with van der Waals surface area (Å²) in [7, 11) is 0.